The molecule has 7 nitrogen and oxygen atoms in total. The first kappa shape index (κ1) is 14.6. The second-order valence-electron chi connectivity index (χ2n) is 5.06. The van der Waals surface area contributed by atoms with Crippen molar-refractivity contribution >= 4 is 23.2 Å². The zero-order valence-corrected chi connectivity index (χ0v) is 12.7. The first-order valence-electron chi connectivity index (χ1n) is 6.86. The smallest absolute Gasteiger partial charge is 0.326 e. The second kappa shape index (κ2) is 5.80. The maximum atomic E-state index is 12.6. The van der Waals surface area contributed by atoms with Gasteiger partial charge < -0.3 is 10.0 Å². The fraction of sp³-hybridized carbons (Fsp3) is 0.357. The van der Waals surface area contributed by atoms with E-state index in [1.165, 1.54) is 29.4 Å². The zero-order chi connectivity index (χ0) is 15.7. The minimum absolute atomic E-state index is 0.0112. The molecule has 1 aliphatic carbocycles. The molecule has 1 amide bonds. The number of carbonyl (C=O) groups excluding carboxylic acids is 1. The van der Waals surface area contributed by atoms with Crippen molar-refractivity contribution in [2.45, 2.75) is 31.8 Å². The van der Waals surface area contributed by atoms with Crippen LogP contribution in [0.5, 0.6) is 0 Å². The van der Waals surface area contributed by atoms with Gasteiger partial charge in [0, 0.05) is 18.4 Å². The quantitative estimate of drug-likeness (QED) is 0.901. The van der Waals surface area contributed by atoms with Gasteiger partial charge >= 0.3 is 5.97 Å². The van der Waals surface area contributed by atoms with Gasteiger partial charge in [-0.05, 0) is 25.8 Å². The highest BCUT2D eigenvalue weighted by atomic mass is 32.1. The van der Waals surface area contributed by atoms with Crippen LogP contribution in [0.25, 0.3) is 10.8 Å². The highest BCUT2D eigenvalue weighted by molar-refractivity contribution is 7.16. The summed E-state index contributed by atoms with van der Waals surface area (Å²) in [4.78, 5) is 38.0. The standard InChI is InChI=1S/C14H14N4O3S/c1-8(14(20)21)18(9-3-4-9)13(19)10-7-17-12(22-10)11-15-5-2-6-16-11/h2,5-9H,3-4H2,1H3,(H,20,21). The molecule has 114 valence electrons. The van der Waals surface area contributed by atoms with Crippen LogP contribution in [0.4, 0.5) is 0 Å². The average Bonchev–Trinajstić information content (AvgIpc) is 3.23. The fourth-order valence-electron chi connectivity index (χ4n) is 2.14. The third-order valence-corrected chi connectivity index (χ3v) is 4.40. The summed E-state index contributed by atoms with van der Waals surface area (Å²) in [6, 6.07) is 0.864. The number of amides is 1. The van der Waals surface area contributed by atoms with E-state index in [2.05, 4.69) is 15.0 Å². The van der Waals surface area contributed by atoms with E-state index >= 15 is 0 Å². The minimum Gasteiger partial charge on any atom is -0.480 e. The van der Waals surface area contributed by atoms with Crippen LogP contribution in [0, 0.1) is 0 Å². The van der Waals surface area contributed by atoms with Gasteiger partial charge in [-0.3, -0.25) is 4.79 Å². The maximum absolute atomic E-state index is 12.6. The van der Waals surface area contributed by atoms with Crippen molar-refractivity contribution in [1.82, 2.24) is 19.9 Å². The Hall–Kier alpha value is -2.35. The molecule has 8 heteroatoms. The number of carboxylic acids is 1. The molecule has 1 N–H and O–H groups in total. The van der Waals surface area contributed by atoms with Gasteiger partial charge in [0.25, 0.3) is 5.91 Å². The van der Waals surface area contributed by atoms with Gasteiger partial charge in [-0.2, -0.15) is 0 Å². The molecule has 1 fully saturated rings. The third kappa shape index (κ3) is 2.82. The van der Waals surface area contributed by atoms with Crippen LogP contribution < -0.4 is 0 Å². The highest BCUT2D eigenvalue weighted by Gasteiger charge is 2.39. The number of thiazole rings is 1. The molecule has 0 aromatic carbocycles. The first-order valence-corrected chi connectivity index (χ1v) is 7.68. The molecule has 1 aliphatic rings. The van der Waals surface area contributed by atoms with E-state index in [-0.39, 0.29) is 11.9 Å². The van der Waals surface area contributed by atoms with Gasteiger partial charge in [-0.25, -0.2) is 19.7 Å². The van der Waals surface area contributed by atoms with Gasteiger partial charge in [-0.1, -0.05) is 0 Å². The lowest BCUT2D eigenvalue weighted by molar-refractivity contribution is -0.141. The van der Waals surface area contributed by atoms with Crippen molar-refractivity contribution in [1.29, 1.82) is 0 Å². The molecule has 0 saturated heterocycles. The molecule has 2 aromatic heterocycles. The largest absolute Gasteiger partial charge is 0.480 e. The van der Waals surface area contributed by atoms with Crippen LogP contribution in [0.1, 0.15) is 29.4 Å². The third-order valence-electron chi connectivity index (χ3n) is 3.42. The summed E-state index contributed by atoms with van der Waals surface area (Å²) in [7, 11) is 0. The van der Waals surface area contributed by atoms with Crippen LogP contribution in [0.15, 0.2) is 24.7 Å². The Morgan fingerprint density at radius 3 is 2.59 bits per heavy atom. The maximum Gasteiger partial charge on any atom is 0.326 e. The van der Waals surface area contributed by atoms with Crippen LogP contribution >= 0.6 is 11.3 Å². The molecule has 1 atom stereocenters. The number of aliphatic carboxylic acids is 1. The number of rotatable bonds is 5. The number of nitrogens with zero attached hydrogens (tertiary/aromatic N) is 4. The predicted molar refractivity (Wildman–Crippen MR) is 79.4 cm³/mol. The minimum atomic E-state index is -1.00. The SMILES string of the molecule is CC(C(=O)O)N(C(=O)c1cnc(-c2ncccn2)s1)C1CC1. The molecule has 2 heterocycles. The van der Waals surface area contributed by atoms with Crippen LogP contribution in [0.3, 0.4) is 0 Å². The fourth-order valence-corrected chi connectivity index (χ4v) is 2.95. The molecule has 3 rings (SSSR count). The summed E-state index contributed by atoms with van der Waals surface area (Å²) in [6.07, 6.45) is 6.36. The number of hydrogen-bond acceptors (Lipinski definition) is 6. The summed E-state index contributed by atoms with van der Waals surface area (Å²) < 4.78 is 0. The van der Waals surface area contributed by atoms with E-state index in [4.69, 9.17) is 0 Å². The summed E-state index contributed by atoms with van der Waals surface area (Å²) >= 11 is 1.18. The Balaban J connectivity index is 1.85. The zero-order valence-electron chi connectivity index (χ0n) is 11.8. The summed E-state index contributed by atoms with van der Waals surface area (Å²) in [6.45, 7) is 1.53. The van der Waals surface area contributed by atoms with E-state index < -0.39 is 12.0 Å². The number of aromatic nitrogens is 3. The summed E-state index contributed by atoms with van der Waals surface area (Å²) in [5, 5.41) is 9.73. The van der Waals surface area contributed by atoms with E-state index in [1.807, 2.05) is 0 Å². The van der Waals surface area contributed by atoms with E-state index in [1.54, 1.807) is 18.5 Å². The average molecular weight is 318 g/mol. The number of carboxylic acid groups (broad SMARTS) is 1. The van der Waals surface area contributed by atoms with Gasteiger partial charge in [-0.15, -0.1) is 11.3 Å². The Kier molecular flexibility index (Phi) is 3.84. The lowest BCUT2D eigenvalue weighted by Gasteiger charge is -2.25. The molecular weight excluding hydrogens is 304 g/mol. The number of hydrogen-bond donors (Lipinski definition) is 1. The molecule has 2 aromatic rings. The predicted octanol–water partition coefficient (Wildman–Crippen LogP) is 1.68. The van der Waals surface area contributed by atoms with Gasteiger partial charge in [0.05, 0.1) is 6.20 Å². The van der Waals surface area contributed by atoms with Gasteiger partial charge in [0.1, 0.15) is 10.9 Å². The molecule has 0 spiro atoms. The number of carbonyl (C=O) groups is 2. The van der Waals surface area contributed by atoms with Crippen molar-refractivity contribution in [3.63, 3.8) is 0 Å². The van der Waals surface area contributed by atoms with Crippen LogP contribution in [-0.4, -0.2) is 48.9 Å². The van der Waals surface area contributed by atoms with Gasteiger partial charge in [0.2, 0.25) is 0 Å². The highest BCUT2D eigenvalue weighted by Crippen LogP contribution is 2.32. The van der Waals surface area contributed by atoms with Crippen LogP contribution in [-0.2, 0) is 4.79 Å². The lowest BCUT2D eigenvalue weighted by Crippen LogP contribution is -2.44. The monoisotopic (exact) mass is 318 g/mol. The summed E-state index contributed by atoms with van der Waals surface area (Å²) in [5.41, 5.74) is 0. The van der Waals surface area contributed by atoms with E-state index in [9.17, 15) is 14.7 Å². The van der Waals surface area contributed by atoms with Crippen molar-refractivity contribution in [3.05, 3.63) is 29.5 Å². The second-order valence-corrected chi connectivity index (χ2v) is 6.09. The Bertz CT molecular complexity index is 699. The molecule has 0 radical (unpaired) electrons. The topological polar surface area (TPSA) is 96.3 Å². The van der Waals surface area contributed by atoms with Crippen molar-refractivity contribution in [3.8, 4) is 10.8 Å². The van der Waals surface area contributed by atoms with Gasteiger partial charge in [0.15, 0.2) is 10.8 Å². The van der Waals surface area contributed by atoms with Crippen molar-refractivity contribution in [2.24, 2.45) is 0 Å². The molecule has 1 unspecified atom stereocenters. The lowest BCUT2D eigenvalue weighted by atomic mass is 10.2. The summed E-state index contributed by atoms with van der Waals surface area (Å²) in [5.74, 6) is -0.843. The van der Waals surface area contributed by atoms with Crippen LogP contribution in [0.2, 0.25) is 0 Å². The first-order chi connectivity index (χ1) is 10.6. The molecule has 0 aliphatic heterocycles. The van der Waals surface area contributed by atoms with Crippen molar-refractivity contribution < 1.29 is 14.7 Å². The Labute approximate surface area is 130 Å². The molecule has 22 heavy (non-hydrogen) atoms. The Morgan fingerprint density at radius 2 is 2.00 bits per heavy atom. The normalized spacial score (nSPS) is 15.3. The van der Waals surface area contributed by atoms with E-state index in [0.29, 0.717) is 15.7 Å². The molecule has 1 saturated carbocycles. The van der Waals surface area contributed by atoms with Crippen molar-refractivity contribution in [2.75, 3.05) is 0 Å². The molecular formula is C14H14N4O3S. The Morgan fingerprint density at radius 1 is 1.32 bits per heavy atom. The van der Waals surface area contributed by atoms with E-state index in [0.717, 1.165) is 12.8 Å². The molecule has 0 bridgehead atoms.